The van der Waals surface area contributed by atoms with Gasteiger partial charge < -0.3 is 9.84 Å². The lowest BCUT2D eigenvalue weighted by Gasteiger charge is -2.01. The van der Waals surface area contributed by atoms with E-state index in [4.69, 9.17) is 9.84 Å². The second-order valence-corrected chi connectivity index (χ2v) is 3.87. The van der Waals surface area contributed by atoms with Gasteiger partial charge in [0.05, 0.1) is 12.7 Å². The number of nitrogens with zero attached hydrogens (tertiary/aromatic N) is 1. The fourth-order valence-corrected chi connectivity index (χ4v) is 1.64. The van der Waals surface area contributed by atoms with Crippen molar-refractivity contribution >= 4 is 18.1 Å². The highest BCUT2D eigenvalue weighted by molar-refractivity contribution is 5.93. The summed E-state index contributed by atoms with van der Waals surface area (Å²) < 4.78 is 5.07. The fraction of sp³-hybridized carbons (Fsp3) is 0.0667. The Kier molecular flexibility index (Phi) is 3.93. The number of hydrogen-bond donors (Lipinski definition) is 1. The van der Waals surface area contributed by atoms with Crippen molar-refractivity contribution in [2.75, 3.05) is 7.11 Å². The fourth-order valence-electron chi connectivity index (χ4n) is 1.64. The molecule has 2 rings (SSSR count). The van der Waals surface area contributed by atoms with Gasteiger partial charge in [-0.1, -0.05) is 24.3 Å². The van der Waals surface area contributed by atoms with Crippen molar-refractivity contribution in [3.8, 4) is 5.75 Å². The summed E-state index contributed by atoms with van der Waals surface area (Å²) in [4.78, 5) is 15.0. The molecule has 1 N–H and O–H groups in total. The van der Waals surface area contributed by atoms with E-state index < -0.39 is 5.97 Å². The number of ether oxygens (including phenoxy) is 1. The van der Waals surface area contributed by atoms with Gasteiger partial charge in [0.15, 0.2) is 0 Å². The van der Waals surface area contributed by atoms with Crippen molar-refractivity contribution in [3.05, 3.63) is 59.4 Å². The molecule has 2 aromatic rings. The summed E-state index contributed by atoms with van der Waals surface area (Å²) in [5.74, 6) is -0.179. The summed E-state index contributed by atoms with van der Waals surface area (Å²) in [5.41, 5.74) is 1.77. The average Bonchev–Trinajstić information content (AvgIpc) is 2.46. The molecule has 1 heterocycles. The molecule has 0 fully saturated rings. The Hall–Kier alpha value is -2.62. The zero-order valence-electron chi connectivity index (χ0n) is 10.4. The normalized spacial score (nSPS) is 10.6. The summed E-state index contributed by atoms with van der Waals surface area (Å²) in [5, 5.41) is 9.05. The van der Waals surface area contributed by atoms with Crippen LogP contribution in [0.25, 0.3) is 12.2 Å². The highest BCUT2D eigenvalue weighted by Gasteiger charge is 2.06. The van der Waals surface area contributed by atoms with Crippen molar-refractivity contribution < 1.29 is 14.6 Å². The van der Waals surface area contributed by atoms with Gasteiger partial charge in [-0.05, 0) is 23.8 Å². The molecule has 0 amide bonds. The molecule has 0 radical (unpaired) electrons. The number of benzene rings is 1. The van der Waals surface area contributed by atoms with Crippen LogP contribution >= 0.6 is 0 Å². The smallest absolute Gasteiger partial charge is 0.336 e. The molecule has 4 nitrogen and oxygen atoms in total. The Morgan fingerprint density at radius 2 is 1.95 bits per heavy atom. The van der Waals surface area contributed by atoms with Crippen LogP contribution in [0.2, 0.25) is 0 Å². The molecule has 1 aromatic heterocycles. The van der Waals surface area contributed by atoms with E-state index in [1.165, 1.54) is 18.5 Å². The van der Waals surface area contributed by atoms with Crippen LogP contribution < -0.4 is 4.74 Å². The molecule has 0 saturated heterocycles. The first-order valence-electron chi connectivity index (χ1n) is 5.70. The summed E-state index contributed by atoms with van der Waals surface area (Å²) in [7, 11) is 1.61. The molecule has 0 bridgehead atoms. The van der Waals surface area contributed by atoms with Crippen LogP contribution in [0.4, 0.5) is 0 Å². The molecule has 0 spiro atoms. The third kappa shape index (κ3) is 3.19. The van der Waals surface area contributed by atoms with Gasteiger partial charge in [0.1, 0.15) is 5.75 Å². The van der Waals surface area contributed by atoms with Crippen molar-refractivity contribution in [2.45, 2.75) is 0 Å². The van der Waals surface area contributed by atoms with Crippen molar-refractivity contribution in [1.82, 2.24) is 4.98 Å². The molecule has 0 unspecified atom stereocenters. The highest BCUT2D eigenvalue weighted by atomic mass is 16.5. The van der Waals surface area contributed by atoms with Crippen molar-refractivity contribution in [2.24, 2.45) is 0 Å². The topological polar surface area (TPSA) is 59.4 Å². The number of aromatic carboxylic acids is 1. The second kappa shape index (κ2) is 5.82. The van der Waals surface area contributed by atoms with Crippen molar-refractivity contribution in [3.63, 3.8) is 0 Å². The number of carbonyl (C=O) groups is 1. The third-order valence-corrected chi connectivity index (χ3v) is 2.65. The van der Waals surface area contributed by atoms with E-state index in [-0.39, 0.29) is 5.56 Å². The van der Waals surface area contributed by atoms with Crippen LogP contribution in [0.5, 0.6) is 5.75 Å². The molecular formula is C15H13NO3. The summed E-state index contributed by atoms with van der Waals surface area (Å²) in [6.45, 7) is 0. The average molecular weight is 255 g/mol. The Labute approximate surface area is 111 Å². The molecule has 0 saturated carbocycles. The highest BCUT2D eigenvalue weighted by Crippen LogP contribution is 2.15. The molecule has 1 aromatic carbocycles. The Morgan fingerprint density at radius 3 is 2.58 bits per heavy atom. The van der Waals surface area contributed by atoms with E-state index in [9.17, 15) is 4.79 Å². The number of aromatic nitrogens is 1. The van der Waals surface area contributed by atoms with Gasteiger partial charge in [0, 0.05) is 18.0 Å². The largest absolute Gasteiger partial charge is 0.497 e. The Balaban J connectivity index is 2.24. The SMILES string of the molecule is COc1ccc(C=Cc2cnccc2C(=O)O)cc1. The molecule has 4 heteroatoms. The zero-order chi connectivity index (χ0) is 13.7. The summed E-state index contributed by atoms with van der Waals surface area (Å²) in [6.07, 6.45) is 6.57. The summed E-state index contributed by atoms with van der Waals surface area (Å²) >= 11 is 0. The van der Waals surface area contributed by atoms with Gasteiger partial charge in [0.25, 0.3) is 0 Å². The van der Waals surface area contributed by atoms with Gasteiger partial charge in [-0.2, -0.15) is 0 Å². The maximum absolute atomic E-state index is 11.0. The second-order valence-electron chi connectivity index (χ2n) is 3.87. The lowest BCUT2D eigenvalue weighted by atomic mass is 10.1. The summed E-state index contributed by atoms with van der Waals surface area (Å²) in [6, 6.07) is 8.97. The molecule has 0 aliphatic heterocycles. The number of carboxylic acids is 1. The Morgan fingerprint density at radius 1 is 1.21 bits per heavy atom. The number of carboxylic acid groups (broad SMARTS) is 1. The predicted octanol–water partition coefficient (Wildman–Crippen LogP) is 2.96. The standard InChI is InChI=1S/C15H13NO3/c1-19-13-6-3-11(4-7-13)2-5-12-10-16-9-8-14(12)15(17)18/h2-10H,1H3,(H,17,18). The third-order valence-electron chi connectivity index (χ3n) is 2.65. The van der Waals surface area contributed by atoms with E-state index in [2.05, 4.69) is 4.98 Å². The van der Waals surface area contributed by atoms with Gasteiger partial charge in [-0.3, -0.25) is 4.98 Å². The van der Waals surface area contributed by atoms with E-state index in [0.717, 1.165) is 11.3 Å². The van der Waals surface area contributed by atoms with Gasteiger partial charge >= 0.3 is 5.97 Å². The lowest BCUT2D eigenvalue weighted by Crippen LogP contribution is -1.99. The first-order chi connectivity index (χ1) is 9.20. The molecule has 0 aliphatic rings. The van der Waals surface area contributed by atoms with Crippen LogP contribution in [0.1, 0.15) is 21.5 Å². The number of hydrogen-bond acceptors (Lipinski definition) is 3. The van der Waals surface area contributed by atoms with Crippen LogP contribution in [-0.4, -0.2) is 23.2 Å². The first kappa shape index (κ1) is 12.8. The minimum atomic E-state index is -0.961. The molecule has 96 valence electrons. The molecule has 19 heavy (non-hydrogen) atoms. The monoisotopic (exact) mass is 255 g/mol. The van der Waals surface area contributed by atoms with Gasteiger partial charge in [-0.15, -0.1) is 0 Å². The first-order valence-corrected chi connectivity index (χ1v) is 5.70. The van der Waals surface area contributed by atoms with Crippen molar-refractivity contribution in [1.29, 1.82) is 0 Å². The van der Waals surface area contributed by atoms with E-state index in [1.54, 1.807) is 13.2 Å². The molecular weight excluding hydrogens is 242 g/mol. The van der Waals surface area contributed by atoms with Crippen LogP contribution in [0.3, 0.4) is 0 Å². The minimum absolute atomic E-state index is 0.236. The van der Waals surface area contributed by atoms with Crippen LogP contribution in [0.15, 0.2) is 42.7 Å². The van der Waals surface area contributed by atoms with Gasteiger partial charge in [0.2, 0.25) is 0 Å². The number of rotatable bonds is 4. The van der Waals surface area contributed by atoms with Crippen LogP contribution in [-0.2, 0) is 0 Å². The lowest BCUT2D eigenvalue weighted by molar-refractivity contribution is 0.0696. The predicted molar refractivity (Wildman–Crippen MR) is 73.1 cm³/mol. The maximum atomic E-state index is 11.0. The van der Waals surface area contributed by atoms with Gasteiger partial charge in [-0.25, -0.2) is 4.79 Å². The van der Waals surface area contributed by atoms with E-state index >= 15 is 0 Å². The molecule has 0 aliphatic carbocycles. The number of methoxy groups -OCH3 is 1. The number of pyridine rings is 1. The van der Waals surface area contributed by atoms with Crippen LogP contribution in [0, 0.1) is 0 Å². The minimum Gasteiger partial charge on any atom is -0.497 e. The Bertz CT molecular complexity index is 603. The maximum Gasteiger partial charge on any atom is 0.336 e. The zero-order valence-corrected chi connectivity index (χ0v) is 10.4. The molecule has 0 atom stereocenters. The van der Waals surface area contributed by atoms with E-state index in [1.807, 2.05) is 30.3 Å². The quantitative estimate of drug-likeness (QED) is 0.912. The van der Waals surface area contributed by atoms with E-state index in [0.29, 0.717) is 5.56 Å².